The van der Waals surface area contributed by atoms with Gasteiger partial charge in [-0.25, -0.2) is 4.63 Å². The van der Waals surface area contributed by atoms with Gasteiger partial charge in [0.1, 0.15) is 0 Å². The van der Waals surface area contributed by atoms with Crippen molar-refractivity contribution in [2.75, 3.05) is 12.3 Å². The van der Waals surface area contributed by atoms with Gasteiger partial charge in [0.05, 0.1) is 0 Å². The van der Waals surface area contributed by atoms with E-state index in [1.165, 1.54) is 25.7 Å². The molecule has 1 saturated carbocycles. The lowest BCUT2D eigenvalue weighted by atomic mass is 9.83. The number of nitrogens with two attached hydrogens (primary N) is 1. The molecule has 6 heteroatoms. The number of rotatable bonds is 4. The fourth-order valence-electron chi connectivity index (χ4n) is 2.48. The van der Waals surface area contributed by atoms with Crippen molar-refractivity contribution < 1.29 is 9.42 Å². The van der Waals surface area contributed by atoms with Crippen LogP contribution in [0.5, 0.6) is 0 Å². The van der Waals surface area contributed by atoms with Crippen LogP contribution in [0.25, 0.3) is 0 Å². The van der Waals surface area contributed by atoms with Crippen LogP contribution in [-0.4, -0.2) is 22.8 Å². The first kappa shape index (κ1) is 11.9. The zero-order chi connectivity index (χ0) is 12.3. The summed E-state index contributed by atoms with van der Waals surface area (Å²) in [5.74, 6) is -0.261. The normalized spacial score (nSPS) is 18.2. The lowest BCUT2D eigenvalue weighted by molar-refractivity contribution is 0.0919. The second-order valence-corrected chi connectivity index (χ2v) is 4.74. The molecular weight excluding hydrogens is 220 g/mol. The lowest BCUT2D eigenvalue weighted by Crippen LogP contribution is -2.36. The number of hydrogen-bond acceptors (Lipinski definition) is 5. The van der Waals surface area contributed by atoms with Crippen LogP contribution in [-0.2, 0) is 0 Å². The molecule has 0 radical (unpaired) electrons. The maximum absolute atomic E-state index is 11.8. The molecule has 0 saturated heterocycles. The maximum Gasteiger partial charge on any atom is 0.277 e. The highest BCUT2D eigenvalue weighted by atomic mass is 16.6. The third-order valence-corrected chi connectivity index (χ3v) is 3.77. The second kappa shape index (κ2) is 4.73. The number of aromatic nitrogens is 2. The number of amides is 1. The summed E-state index contributed by atoms with van der Waals surface area (Å²) in [5.41, 5.74) is 5.79. The van der Waals surface area contributed by atoms with Crippen LogP contribution < -0.4 is 11.1 Å². The Morgan fingerprint density at radius 1 is 1.47 bits per heavy atom. The fourth-order valence-corrected chi connectivity index (χ4v) is 2.48. The Kier molecular flexibility index (Phi) is 3.31. The van der Waals surface area contributed by atoms with Gasteiger partial charge in [-0.15, -0.1) is 0 Å². The van der Waals surface area contributed by atoms with Gasteiger partial charge in [-0.3, -0.25) is 4.79 Å². The Bertz CT molecular complexity index is 396. The highest BCUT2D eigenvalue weighted by Gasteiger charge is 2.32. The predicted octanol–water partition coefficient (Wildman–Crippen LogP) is 1.35. The summed E-state index contributed by atoms with van der Waals surface area (Å²) < 4.78 is 4.40. The van der Waals surface area contributed by atoms with Gasteiger partial charge in [0, 0.05) is 6.54 Å². The minimum absolute atomic E-state index is 0.0412. The van der Waals surface area contributed by atoms with Crippen LogP contribution in [0.1, 0.15) is 49.5 Å². The number of nitrogen functional groups attached to an aromatic ring is 1. The van der Waals surface area contributed by atoms with Crippen molar-refractivity contribution in [1.82, 2.24) is 15.6 Å². The topological polar surface area (TPSA) is 94.0 Å². The SMILES string of the molecule is CCC1(CNC(=O)c2nonc2N)CCCC1. The Morgan fingerprint density at radius 2 is 2.18 bits per heavy atom. The standard InChI is InChI=1S/C11H18N4O2/c1-2-11(5-3-4-6-11)7-13-10(16)8-9(12)15-17-14-8/h2-7H2,1H3,(H2,12,15)(H,13,16). The number of nitrogens with one attached hydrogen (secondary N) is 1. The first-order chi connectivity index (χ1) is 8.17. The molecule has 1 aliphatic carbocycles. The summed E-state index contributed by atoms with van der Waals surface area (Å²) in [4.78, 5) is 11.8. The lowest BCUT2D eigenvalue weighted by Gasteiger charge is -2.27. The average molecular weight is 238 g/mol. The summed E-state index contributed by atoms with van der Waals surface area (Å²) in [5, 5.41) is 9.75. The van der Waals surface area contributed by atoms with Crippen LogP contribution in [0.2, 0.25) is 0 Å². The summed E-state index contributed by atoms with van der Waals surface area (Å²) in [6, 6.07) is 0. The highest BCUT2D eigenvalue weighted by molar-refractivity contribution is 5.95. The Hall–Kier alpha value is -1.59. The molecule has 1 aliphatic rings. The number of carbonyl (C=O) groups is 1. The number of hydrogen-bond donors (Lipinski definition) is 2. The summed E-state index contributed by atoms with van der Waals surface area (Å²) in [6.07, 6.45) is 5.93. The molecule has 1 aromatic rings. The minimum atomic E-state index is -0.302. The van der Waals surface area contributed by atoms with Crippen molar-refractivity contribution in [2.45, 2.75) is 39.0 Å². The van der Waals surface area contributed by atoms with E-state index in [0.717, 1.165) is 6.42 Å². The molecule has 1 heterocycles. The molecule has 1 fully saturated rings. The van der Waals surface area contributed by atoms with Crippen molar-refractivity contribution in [1.29, 1.82) is 0 Å². The molecule has 0 spiro atoms. The van der Waals surface area contributed by atoms with E-state index in [1.54, 1.807) is 0 Å². The summed E-state index contributed by atoms with van der Waals surface area (Å²) in [6.45, 7) is 2.85. The largest absolute Gasteiger partial charge is 0.379 e. The van der Waals surface area contributed by atoms with Crippen molar-refractivity contribution in [2.24, 2.45) is 5.41 Å². The van der Waals surface area contributed by atoms with Gasteiger partial charge in [-0.1, -0.05) is 19.8 Å². The molecule has 1 amide bonds. The number of nitrogens with zero attached hydrogens (tertiary/aromatic N) is 2. The van der Waals surface area contributed by atoms with E-state index >= 15 is 0 Å². The first-order valence-electron chi connectivity index (χ1n) is 6.03. The van der Waals surface area contributed by atoms with Crippen molar-refractivity contribution in [3.8, 4) is 0 Å². The van der Waals surface area contributed by atoms with E-state index in [0.29, 0.717) is 6.54 Å². The van der Waals surface area contributed by atoms with Gasteiger partial charge < -0.3 is 11.1 Å². The van der Waals surface area contributed by atoms with Gasteiger partial charge in [-0.05, 0) is 35.0 Å². The number of carbonyl (C=O) groups excluding carboxylic acids is 1. The van der Waals surface area contributed by atoms with Crippen LogP contribution in [0.15, 0.2) is 4.63 Å². The van der Waals surface area contributed by atoms with E-state index in [2.05, 4.69) is 27.2 Å². The van der Waals surface area contributed by atoms with Crippen molar-refractivity contribution in [3.63, 3.8) is 0 Å². The Labute approximate surface area is 99.9 Å². The second-order valence-electron chi connectivity index (χ2n) is 4.74. The van der Waals surface area contributed by atoms with Crippen LogP contribution >= 0.6 is 0 Å². The Morgan fingerprint density at radius 3 is 2.71 bits per heavy atom. The molecule has 0 bridgehead atoms. The van der Waals surface area contributed by atoms with E-state index < -0.39 is 0 Å². The molecule has 6 nitrogen and oxygen atoms in total. The van der Waals surface area contributed by atoms with Crippen LogP contribution in [0.4, 0.5) is 5.82 Å². The molecule has 0 unspecified atom stereocenters. The maximum atomic E-state index is 11.8. The van der Waals surface area contributed by atoms with E-state index in [4.69, 9.17) is 5.73 Å². The Balaban J connectivity index is 1.94. The predicted molar refractivity (Wildman–Crippen MR) is 62.2 cm³/mol. The molecule has 3 N–H and O–H groups in total. The molecule has 94 valence electrons. The van der Waals surface area contributed by atoms with E-state index in [1.807, 2.05) is 0 Å². The van der Waals surface area contributed by atoms with Gasteiger partial charge in [-0.2, -0.15) is 0 Å². The van der Waals surface area contributed by atoms with Crippen LogP contribution in [0, 0.1) is 5.41 Å². The highest BCUT2D eigenvalue weighted by Crippen LogP contribution is 2.40. The molecule has 17 heavy (non-hydrogen) atoms. The summed E-state index contributed by atoms with van der Waals surface area (Å²) >= 11 is 0. The van der Waals surface area contributed by atoms with E-state index in [9.17, 15) is 4.79 Å². The van der Waals surface area contributed by atoms with Gasteiger partial charge in [0.25, 0.3) is 5.91 Å². The third-order valence-electron chi connectivity index (χ3n) is 3.77. The fraction of sp³-hybridized carbons (Fsp3) is 0.727. The molecule has 1 aromatic heterocycles. The van der Waals surface area contributed by atoms with Gasteiger partial charge in [0.2, 0.25) is 11.5 Å². The van der Waals surface area contributed by atoms with Crippen LogP contribution in [0.3, 0.4) is 0 Å². The van der Waals surface area contributed by atoms with Crippen molar-refractivity contribution >= 4 is 11.7 Å². The third kappa shape index (κ3) is 2.40. The first-order valence-corrected chi connectivity index (χ1v) is 6.03. The average Bonchev–Trinajstić information content (AvgIpc) is 2.95. The van der Waals surface area contributed by atoms with Gasteiger partial charge >= 0.3 is 0 Å². The smallest absolute Gasteiger partial charge is 0.277 e. The zero-order valence-corrected chi connectivity index (χ0v) is 10.0. The van der Waals surface area contributed by atoms with Crippen molar-refractivity contribution in [3.05, 3.63) is 5.69 Å². The molecule has 0 aliphatic heterocycles. The molecule has 0 aromatic carbocycles. The zero-order valence-electron chi connectivity index (χ0n) is 10.0. The minimum Gasteiger partial charge on any atom is -0.379 e. The molecule has 2 rings (SSSR count). The van der Waals surface area contributed by atoms with E-state index in [-0.39, 0.29) is 22.8 Å². The number of anilines is 1. The molecule has 0 atom stereocenters. The summed E-state index contributed by atoms with van der Waals surface area (Å²) in [7, 11) is 0. The van der Waals surface area contributed by atoms with Gasteiger partial charge in [0.15, 0.2) is 0 Å². The monoisotopic (exact) mass is 238 g/mol. The quantitative estimate of drug-likeness (QED) is 0.825. The molecular formula is C11H18N4O2.